The van der Waals surface area contributed by atoms with Gasteiger partial charge in [0.15, 0.2) is 0 Å². The van der Waals surface area contributed by atoms with Gasteiger partial charge in [0.25, 0.3) is 0 Å². The van der Waals surface area contributed by atoms with Crippen molar-refractivity contribution in [3.63, 3.8) is 0 Å². The highest BCUT2D eigenvalue weighted by molar-refractivity contribution is 5.71. The van der Waals surface area contributed by atoms with Crippen molar-refractivity contribution in [3.8, 4) is 11.1 Å². The van der Waals surface area contributed by atoms with Crippen LogP contribution in [0.5, 0.6) is 0 Å². The molecule has 0 radical (unpaired) electrons. The second-order valence-corrected chi connectivity index (χ2v) is 8.81. The maximum absolute atomic E-state index is 4.92. The summed E-state index contributed by atoms with van der Waals surface area (Å²) in [4.78, 5) is 0. The summed E-state index contributed by atoms with van der Waals surface area (Å²) in [6.45, 7) is 0. The molecule has 1 heterocycles. The molecule has 6 rings (SSSR count). The van der Waals surface area contributed by atoms with E-state index in [1.165, 1.54) is 0 Å². The van der Waals surface area contributed by atoms with Crippen molar-refractivity contribution in [2.45, 2.75) is 11.1 Å². The first-order chi connectivity index (χ1) is 17.9. The standard InChI is InChI=1S/C32H24N4/c1-5-15-25(16-6-1)29-23-13-14-24-30(29)32(33-35-36-34-32)31(26-17-7-2-8-18-26,27-19-9-3-10-20-27)28-21-11-4-12-22-28/h1-24H. The van der Waals surface area contributed by atoms with Gasteiger partial charge in [-0.3, -0.25) is 0 Å². The van der Waals surface area contributed by atoms with Gasteiger partial charge >= 0.3 is 0 Å². The van der Waals surface area contributed by atoms with E-state index in [2.05, 4.69) is 126 Å². The Balaban J connectivity index is 1.79. The van der Waals surface area contributed by atoms with Crippen LogP contribution < -0.4 is 0 Å². The van der Waals surface area contributed by atoms with E-state index in [9.17, 15) is 0 Å². The van der Waals surface area contributed by atoms with Crippen molar-refractivity contribution < 1.29 is 0 Å². The van der Waals surface area contributed by atoms with Crippen molar-refractivity contribution in [1.29, 1.82) is 0 Å². The second kappa shape index (κ2) is 9.16. The normalized spacial score (nSPS) is 14.1. The fourth-order valence-electron chi connectivity index (χ4n) is 5.47. The van der Waals surface area contributed by atoms with Gasteiger partial charge < -0.3 is 0 Å². The van der Waals surface area contributed by atoms with Gasteiger partial charge in [0.05, 0.1) is 5.41 Å². The first-order valence-electron chi connectivity index (χ1n) is 12.0. The van der Waals surface area contributed by atoms with Crippen LogP contribution in [0.25, 0.3) is 11.1 Å². The Kier molecular flexibility index (Phi) is 5.55. The van der Waals surface area contributed by atoms with Gasteiger partial charge in [0.2, 0.25) is 5.66 Å². The molecule has 172 valence electrons. The maximum Gasteiger partial charge on any atom is 0.238 e. The van der Waals surface area contributed by atoms with E-state index >= 15 is 0 Å². The lowest BCUT2D eigenvalue weighted by Gasteiger charge is -2.45. The molecule has 4 nitrogen and oxygen atoms in total. The van der Waals surface area contributed by atoms with Crippen molar-refractivity contribution >= 4 is 0 Å². The maximum atomic E-state index is 4.92. The van der Waals surface area contributed by atoms with Gasteiger partial charge in [-0.2, -0.15) is 0 Å². The number of hydrogen-bond donors (Lipinski definition) is 0. The van der Waals surface area contributed by atoms with Crippen LogP contribution in [-0.2, 0) is 11.1 Å². The van der Waals surface area contributed by atoms with Crippen LogP contribution in [-0.4, -0.2) is 0 Å². The molecular formula is C32H24N4. The van der Waals surface area contributed by atoms with Gasteiger partial charge in [-0.15, -0.1) is 10.2 Å². The first-order valence-corrected chi connectivity index (χ1v) is 12.0. The zero-order valence-electron chi connectivity index (χ0n) is 19.6. The van der Waals surface area contributed by atoms with Gasteiger partial charge in [0, 0.05) is 5.56 Å². The summed E-state index contributed by atoms with van der Waals surface area (Å²) >= 11 is 0. The molecule has 0 saturated heterocycles. The minimum Gasteiger partial charge on any atom is -0.128 e. The van der Waals surface area contributed by atoms with Crippen LogP contribution >= 0.6 is 0 Å². The molecule has 0 bridgehead atoms. The molecule has 0 saturated carbocycles. The van der Waals surface area contributed by atoms with Crippen molar-refractivity contribution in [2.24, 2.45) is 20.7 Å². The zero-order valence-corrected chi connectivity index (χ0v) is 19.6. The Bertz CT molecular complexity index is 1400. The van der Waals surface area contributed by atoms with Crippen LogP contribution in [0.2, 0.25) is 0 Å². The van der Waals surface area contributed by atoms with Gasteiger partial charge in [-0.25, -0.2) is 0 Å². The van der Waals surface area contributed by atoms with Crippen molar-refractivity contribution in [3.05, 3.63) is 168 Å². The van der Waals surface area contributed by atoms with Gasteiger partial charge in [-0.1, -0.05) is 146 Å². The van der Waals surface area contributed by atoms with Crippen molar-refractivity contribution in [2.75, 3.05) is 0 Å². The Morgan fingerprint density at radius 1 is 0.417 bits per heavy atom. The molecule has 0 fully saturated rings. The average Bonchev–Trinajstić information content (AvgIpc) is 3.47. The highest BCUT2D eigenvalue weighted by atomic mass is 15.6. The molecule has 5 aromatic rings. The summed E-state index contributed by atoms with van der Waals surface area (Å²) in [5.74, 6) is 0. The molecule has 0 aromatic heterocycles. The third-order valence-electron chi connectivity index (χ3n) is 6.95. The molecule has 0 unspecified atom stereocenters. The second-order valence-electron chi connectivity index (χ2n) is 8.81. The van der Waals surface area contributed by atoms with Crippen LogP contribution in [0.4, 0.5) is 0 Å². The average molecular weight is 465 g/mol. The lowest BCUT2D eigenvalue weighted by Crippen LogP contribution is -2.48. The SMILES string of the molecule is c1ccc(-c2ccccc2C2(C(c3ccccc3)(c3ccccc3)c3ccccc3)N=NN=N2)cc1. The quantitative estimate of drug-likeness (QED) is 0.227. The van der Waals surface area contributed by atoms with E-state index in [0.29, 0.717) is 0 Å². The predicted octanol–water partition coefficient (Wildman–Crippen LogP) is 8.37. The number of hydrogen-bond acceptors (Lipinski definition) is 4. The van der Waals surface area contributed by atoms with E-state index in [-0.39, 0.29) is 0 Å². The molecule has 36 heavy (non-hydrogen) atoms. The zero-order chi connectivity index (χ0) is 24.3. The monoisotopic (exact) mass is 464 g/mol. The Morgan fingerprint density at radius 3 is 1.28 bits per heavy atom. The summed E-state index contributed by atoms with van der Waals surface area (Å²) in [6.07, 6.45) is 0. The third kappa shape index (κ3) is 3.30. The largest absolute Gasteiger partial charge is 0.238 e. The summed E-state index contributed by atoms with van der Waals surface area (Å²) in [5, 5.41) is 18.2. The lowest BCUT2D eigenvalue weighted by molar-refractivity contribution is 0.318. The predicted molar refractivity (Wildman–Crippen MR) is 142 cm³/mol. The molecule has 0 aliphatic carbocycles. The summed E-state index contributed by atoms with van der Waals surface area (Å²) < 4.78 is 0. The van der Waals surface area contributed by atoms with Gasteiger partial charge in [0.1, 0.15) is 0 Å². The van der Waals surface area contributed by atoms with Crippen LogP contribution in [0.3, 0.4) is 0 Å². The van der Waals surface area contributed by atoms with E-state index in [0.717, 1.165) is 33.4 Å². The summed E-state index contributed by atoms with van der Waals surface area (Å²) in [5.41, 5.74) is 4.24. The number of rotatable bonds is 6. The minimum atomic E-state index is -1.18. The Hall–Kier alpha value is -4.70. The van der Waals surface area contributed by atoms with Crippen molar-refractivity contribution in [1.82, 2.24) is 0 Å². The minimum absolute atomic E-state index is 0.842. The Morgan fingerprint density at radius 2 is 0.806 bits per heavy atom. The molecular weight excluding hydrogens is 440 g/mol. The fraction of sp³-hybridized carbons (Fsp3) is 0.0625. The summed E-state index contributed by atoms with van der Waals surface area (Å²) in [6, 6.07) is 50.1. The molecule has 1 aliphatic rings. The number of nitrogens with zero attached hydrogens (tertiary/aromatic N) is 4. The smallest absolute Gasteiger partial charge is 0.128 e. The number of benzene rings is 5. The van der Waals surface area contributed by atoms with Crippen LogP contribution in [0.15, 0.2) is 166 Å². The molecule has 0 spiro atoms. The molecule has 0 N–H and O–H groups in total. The topological polar surface area (TPSA) is 49.4 Å². The van der Waals surface area contributed by atoms with Crippen LogP contribution in [0, 0.1) is 0 Å². The molecule has 0 amide bonds. The third-order valence-corrected chi connectivity index (χ3v) is 6.95. The summed E-state index contributed by atoms with van der Waals surface area (Å²) in [7, 11) is 0. The van der Waals surface area contributed by atoms with E-state index in [1.54, 1.807) is 0 Å². The fourth-order valence-corrected chi connectivity index (χ4v) is 5.47. The van der Waals surface area contributed by atoms with Crippen LogP contribution in [0.1, 0.15) is 22.3 Å². The first kappa shape index (κ1) is 21.8. The van der Waals surface area contributed by atoms with Gasteiger partial charge in [-0.05, 0) is 38.3 Å². The molecule has 1 aliphatic heterocycles. The van der Waals surface area contributed by atoms with E-state index in [1.807, 2.05) is 30.3 Å². The van der Waals surface area contributed by atoms with E-state index in [4.69, 9.17) is 10.2 Å². The van der Waals surface area contributed by atoms with E-state index < -0.39 is 11.1 Å². The highest BCUT2D eigenvalue weighted by Gasteiger charge is 2.59. The molecule has 4 heteroatoms. The Labute approximate surface area is 210 Å². The molecule has 0 atom stereocenters. The molecule has 5 aromatic carbocycles. The lowest BCUT2D eigenvalue weighted by atomic mass is 9.59. The highest BCUT2D eigenvalue weighted by Crippen LogP contribution is 2.58.